The van der Waals surface area contributed by atoms with Crippen molar-refractivity contribution >= 4 is 23.4 Å². The van der Waals surface area contributed by atoms with Crippen molar-refractivity contribution in [2.24, 2.45) is 0 Å². The fraction of sp³-hybridized carbons (Fsp3) is 0.455. The number of rotatable bonds is 3. The second kappa shape index (κ2) is 5.32. The topological polar surface area (TPSA) is 65.2 Å². The minimum absolute atomic E-state index is 0.0897. The summed E-state index contributed by atoms with van der Waals surface area (Å²) >= 11 is 1.75. The highest BCUT2D eigenvalue weighted by Gasteiger charge is 2.22. The molecule has 1 unspecified atom stereocenters. The fourth-order valence-corrected chi connectivity index (χ4v) is 2.45. The highest BCUT2D eigenvalue weighted by Crippen LogP contribution is 2.16. The number of hydrogen-bond donors (Lipinski definition) is 1. The zero-order chi connectivity index (χ0) is 11.4. The molecule has 2 rings (SSSR count). The summed E-state index contributed by atoms with van der Waals surface area (Å²) in [6.07, 6.45) is 1.65. The number of nitrogens with zero attached hydrogens (tertiary/aromatic N) is 1. The van der Waals surface area contributed by atoms with E-state index >= 15 is 0 Å². The van der Waals surface area contributed by atoms with Crippen LogP contribution in [0.25, 0.3) is 0 Å². The molecule has 2 heterocycles. The maximum Gasteiger partial charge on any atom is 0.166 e. The lowest BCUT2D eigenvalue weighted by Crippen LogP contribution is -2.32. The SMILES string of the molecule is Nc1ncccc1CC(=O)C1CSCCO1. The van der Waals surface area contributed by atoms with Gasteiger partial charge in [0.25, 0.3) is 0 Å². The van der Waals surface area contributed by atoms with Gasteiger partial charge < -0.3 is 10.5 Å². The van der Waals surface area contributed by atoms with E-state index in [1.807, 2.05) is 6.07 Å². The number of nitrogen functional groups attached to an aromatic ring is 1. The molecule has 1 atom stereocenters. The Hall–Kier alpha value is -1.07. The molecule has 1 aliphatic rings. The van der Waals surface area contributed by atoms with Crippen molar-refractivity contribution in [1.29, 1.82) is 0 Å². The van der Waals surface area contributed by atoms with Gasteiger partial charge in [0.15, 0.2) is 5.78 Å². The number of thioether (sulfide) groups is 1. The molecular weight excluding hydrogens is 224 g/mol. The van der Waals surface area contributed by atoms with E-state index in [1.54, 1.807) is 24.0 Å². The van der Waals surface area contributed by atoms with E-state index in [2.05, 4.69) is 4.98 Å². The van der Waals surface area contributed by atoms with Gasteiger partial charge in [-0.3, -0.25) is 4.79 Å². The summed E-state index contributed by atoms with van der Waals surface area (Å²) < 4.78 is 5.42. The molecule has 0 aliphatic carbocycles. The molecule has 1 saturated heterocycles. The van der Waals surface area contributed by atoms with Crippen LogP contribution in [0, 0.1) is 0 Å². The lowest BCUT2D eigenvalue weighted by atomic mass is 10.1. The number of hydrogen-bond acceptors (Lipinski definition) is 5. The van der Waals surface area contributed by atoms with Gasteiger partial charge >= 0.3 is 0 Å². The normalized spacial score (nSPS) is 20.6. The summed E-state index contributed by atoms with van der Waals surface area (Å²) in [5.74, 6) is 2.24. The minimum Gasteiger partial charge on any atom is -0.383 e. The lowest BCUT2D eigenvalue weighted by molar-refractivity contribution is -0.128. The second-order valence-electron chi connectivity index (χ2n) is 3.63. The van der Waals surface area contributed by atoms with Gasteiger partial charge in [0, 0.05) is 29.7 Å². The molecule has 1 fully saturated rings. The third-order valence-corrected chi connectivity index (χ3v) is 3.46. The van der Waals surface area contributed by atoms with Crippen LogP contribution in [0.4, 0.5) is 5.82 Å². The number of ether oxygens (including phenoxy) is 1. The Morgan fingerprint density at radius 2 is 2.56 bits per heavy atom. The average Bonchev–Trinajstić information content (AvgIpc) is 2.33. The maximum atomic E-state index is 11.9. The van der Waals surface area contributed by atoms with Crippen LogP contribution in [0.2, 0.25) is 0 Å². The van der Waals surface area contributed by atoms with Crippen LogP contribution < -0.4 is 5.73 Å². The van der Waals surface area contributed by atoms with Gasteiger partial charge in [0.2, 0.25) is 0 Å². The molecule has 1 aliphatic heterocycles. The number of pyridine rings is 1. The van der Waals surface area contributed by atoms with Crippen molar-refractivity contribution in [3.63, 3.8) is 0 Å². The quantitative estimate of drug-likeness (QED) is 0.847. The van der Waals surface area contributed by atoms with Crippen LogP contribution in [0.1, 0.15) is 5.56 Å². The van der Waals surface area contributed by atoms with E-state index in [4.69, 9.17) is 10.5 Å². The van der Waals surface area contributed by atoms with Gasteiger partial charge in [0.1, 0.15) is 11.9 Å². The van der Waals surface area contributed by atoms with Crippen molar-refractivity contribution in [2.75, 3.05) is 23.8 Å². The van der Waals surface area contributed by atoms with Crippen LogP contribution in [0.15, 0.2) is 18.3 Å². The van der Waals surface area contributed by atoms with E-state index in [0.717, 1.165) is 17.1 Å². The van der Waals surface area contributed by atoms with Gasteiger partial charge in [0.05, 0.1) is 6.61 Å². The zero-order valence-electron chi connectivity index (χ0n) is 8.89. The molecule has 0 spiro atoms. The molecule has 1 aromatic rings. The number of nitrogens with two attached hydrogens (primary N) is 1. The maximum absolute atomic E-state index is 11.9. The number of aromatic nitrogens is 1. The predicted octanol–water partition coefficient (Wildman–Crippen LogP) is 0.907. The van der Waals surface area contributed by atoms with E-state index < -0.39 is 0 Å². The molecule has 86 valence electrons. The van der Waals surface area contributed by atoms with E-state index in [9.17, 15) is 4.79 Å². The average molecular weight is 238 g/mol. The number of Topliss-reactive ketones (excluding diaryl/α,β-unsaturated/α-hetero) is 1. The van der Waals surface area contributed by atoms with Crippen molar-refractivity contribution in [3.05, 3.63) is 23.9 Å². The molecule has 2 N–H and O–H groups in total. The fourth-order valence-electron chi connectivity index (χ4n) is 1.58. The molecule has 4 nitrogen and oxygen atoms in total. The summed E-state index contributed by atoms with van der Waals surface area (Å²) in [4.78, 5) is 15.9. The Morgan fingerprint density at radius 3 is 3.25 bits per heavy atom. The molecular formula is C11H14N2O2S. The first-order valence-electron chi connectivity index (χ1n) is 5.19. The Labute approximate surface area is 98.6 Å². The van der Waals surface area contributed by atoms with Crippen LogP contribution in [-0.4, -0.2) is 35.0 Å². The van der Waals surface area contributed by atoms with Crippen molar-refractivity contribution in [2.45, 2.75) is 12.5 Å². The monoisotopic (exact) mass is 238 g/mol. The largest absolute Gasteiger partial charge is 0.383 e. The second-order valence-corrected chi connectivity index (χ2v) is 4.78. The predicted molar refractivity (Wildman–Crippen MR) is 64.4 cm³/mol. The third-order valence-electron chi connectivity index (χ3n) is 2.47. The van der Waals surface area contributed by atoms with Gasteiger partial charge in [-0.25, -0.2) is 4.98 Å². The first kappa shape index (κ1) is 11.4. The Balaban J connectivity index is 1.99. The van der Waals surface area contributed by atoms with Gasteiger partial charge in [-0.05, 0) is 6.07 Å². The highest BCUT2D eigenvalue weighted by molar-refractivity contribution is 7.99. The number of anilines is 1. The molecule has 0 aromatic carbocycles. The lowest BCUT2D eigenvalue weighted by Gasteiger charge is -2.21. The van der Waals surface area contributed by atoms with E-state index in [1.165, 1.54) is 0 Å². The van der Waals surface area contributed by atoms with Gasteiger partial charge in [-0.1, -0.05) is 6.07 Å². The number of ketones is 1. The van der Waals surface area contributed by atoms with Crippen molar-refractivity contribution < 1.29 is 9.53 Å². The Morgan fingerprint density at radius 1 is 1.69 bits per heavy atom. The molecule has 16 heavy (non-hydrogen) atoms. The van der Waals surface area contributed by atoms with Crippen LogP contribution in [0.3, 0.4) is 0 Å². The standard InChI is InChI=1S/C11H14N2O2S/c12-11-8(2-1-3-13-11)6-9(14)10-7-16-5-4-15-10/h1-3,10H,4-7H2,(H2,12,13). The molecule has 0 saturated carbocycles. The molecule has 1 aromatic heterocycles. The van der Waals surface area contributed by atoms with E-state index in [0.29, 0.717) is 18.8 Å². The summed E-state index contributed by atoms with van der Waals surface area (Å²) in [5.41, 5.74) is 6.47. The van der Waals surface area contributed by atoms with Crippen molar-refractivity contribution in [1.82, 2.24) is 4.98 Å². The first-order chi connectivity index (χ1) is 7.77. The van der Waals surface area contributed by atoms with Crippen molar-refractivity contribution in [3.8, 4) is 0 Å². The summed E-state index contributed by atoms with van der Waals surface area (Å²) in [6, 6.07) is 3.62. The Kier molecular flexibility index (Phi) is 3.79. The van der Waals surface area contributed by atoms with Gasteiger partial charge in [-0.15, -0.1) is 0 Å². The van der Waals surface area contributed by atoms with E-state index in [-0.39, 0.29) is 11.9 Å². The number of carbonyl (C=O) groups excluding carboxylic acids is 1. The molecule has 5 heteroatoms. The summed E-state index contributed by atoms with van der Waals surface area (Å²) in [6.45, 7) is 0.656. The van der Waals surface area contributed by atoms with Crippen LogP contribution >= 0.6 is 11.8 Å². The molecule has 0 radical (unpaired) electrons. The Bertz CT molecular complexity index is 378. The van der Waals surface area contributed by atoms with Crippen LogP contribution in [0.5, 0.6) is 0 Å². The first-order valence-corrected chi connectivity index (χ1v) is 6.34. The molecule has 0 bridgehead atoms. The molecule has 0 amide bonds. The third kappa shape index (κ3) is 2.74. The van der Waals surface area contributed by atoms with Crippen LogP contribution in [-0.2, 0) is 16.0 Å². The summed E-state index contributed by atoms with van der Waals surface area (Å²) in [5, 5.41) is 0. The summed E-state index contributed by atoms with van der Waals surface area (Å²) in [7, 11) is 0. The van der Waals surface area contributed by atoms with Gasteiger partial charge in [-0.2, -0.15) is 11.8 Å². The highest BCUT2D eigenvalue weighted by atomic mass is 32.2. The smallest absolute Gasteiger partial charge is 0.166 e. The minimum atomic E-state index is -0.279. The zero-order valence-corrected chi connectivity index (χ0v) is 9.70. The number of carbonyl (C=O) groups is 1.